The second-order valence-electron chi connectivity index (χ2n) is 7.70. The van der Waals surface area contributed by atoms with E-state index >= 15 is 0 Å². The van der Waals surface area contributed by atoms with Crippen molar-refractivity contribution in [3.63, 3.8) is 0 Å². The molecule has 2 rings (SSSR count). The highest BCUT2D eigenvalue weighted by molar-refractivity contribution is 5.93. The van der Waals surface area contributed by atoms with Gasteiger partial charge in [-0.2, -0.15) is 5.10 Å². The van der Waals surface area contributed by atoms with Gasteiger partial charge >= 0.3 is 0 Å². The Bertz CT molecular complexity index is 519. The first-order valence-corrected chi connectivity index (χ1v) is 8.43. The molecule has 130 valence electrons. The van der Waals surface area contributed by atoms with Gasteiger partial charge in [0.05, 0.1) is 30.0 Å². The molecule has 1 aromatic heterocycles. The van der Waals surface area contributed by atoms with Gasteiger partial charge in [0.2, 0.25) is 0 Å². The second-order valence-corrected chi connectivity index (χ2v) is 7.70. The third-order valence-corrected chi connectivity index (χ3v) is 3.87. The molecular formula is C17H30N4O2. The average molecular weight is 322 g/mol. The zero-order chi connectivity index (χ0) is 17.0. The lowest BCUT2D eigenvalue weighted by molar-refractivity contribution is -0.0295. The van der Waals surface area contributed by atoms with Crippen LogP contribution >= 0.6 is 0 Å². The van der Waals surface area contributed by atoms with Gasteiger partial charge in [0.1, 0.15) is 0 Å². The summed E-state index contributed by atoms with van der Waals surface area (Å²) in [6.45, 7) is 14.8. The summed E-state index contributed by atoms with van der Waals surface area (Å²) in [4.78, 5) is 14.7. The molecule has 6 nitrogen and oxygen atoms in total. The molecule has 2 heterocycles. The quantitative estimate of drug-likeness (QED) is 0.897. The summed E-state index contributed by atoms with van der Waals surface area (Å²) in [5.74, 6) is 0.552. The number of rotatable bonds is 5. The average Bonchev–Trinajstić information content (AvgIpc) is 2.94. The Morgan fingerprint density at radius 2 is 2.22 bits per heavy atom. The number of ether oxygens (including phenoxy) is 1. The number of nitrogens with one attached hydrogen (secondary N) is 1. The molecule has 0 aliphatic carbocycles. The van der Waals surface area contributed by atoms with E-state index < -0.39 is 0 Å². The highest BCUT2D eigenvalue weighted by Crippen LogP contribution is 2.13. The molecule has 1 aliphatic rings. The topological polar surface area (TPSA) is 59.4 Å². The number of carbonyl (C=O) groups is 1. The minimum absolute atomic E-state index is 0.0594. The predicted molar refractivity (Wildman–Crippen MR) is 90.6 cm³/mol. The molecule has 0 saturated carbocycles. The smallest absolute Gasteiger partial charge is 0.254 e. The normalized spacial score (nSPS) is 20.0. The zero-order valence-corrected chi connectivity index (χ0v) is 15.0. The van der Waals surface area contributed by atoms with Crippen molar-refractivity contribution >= 4 is 5.91 Å². The summed E-state index contributed by atoms with van der Waals surface area (Å²) < 4.78 is 7.57. The maximum Gasteiger partial charge on any atom is 0.254 e. The van der Waals surface area contributed by atoms with Gasteiger partial charge in [-0.3, -0.25) is 14.4 Å². The molecule has 1 atom stereocenters. The fourth-order valence-corrected chi connectivity index (χ4v) is 2.70. The van der Waals surface area contributed by atoms with E-state index in [0.717, 1.165) is 26.2 Å². The molecular weight excluding hydrogens is 292 g/mol. The van der Waals surface area contributed by atoms with Gasteiger partial charge < -0.3 is 10.1 Å². The SMILES string of the molecule is CC(C)CN1CCO[C@@H](CNC(=O)c2cnn(C(C)(C)C)c2)C1. The lowest BCUT2D eigenvalue weighted by atomic mass is 10.1. The van der Waals surface area contributed by atoms with Crippen LogP contribution in [-0.4, -0.2) is 59.5 Å². The number of aromatic nitrogens is 2. The number of carbonyl (C=O) groups excluding carboxylic acids is 1. The van der Waals surface area contributed by atoms with Gasteiger partial charge in [-0.25, -0.2) is 0 Å². The van der Waals surface area contributed by atoms with Crippen molar-refractivity contribution in [3.8, 4) is 0 Å². The summed E-state index contributed by atoms with van der Waals surface area (Å²) in [5, 5.41) is 7.23. The molecule has 0 spiro atoms. The number of nitrogens with zero attached hydrogens (tertiary/aromatic N) is 3. The molecule has 0 radical (unpaired) electrons. The number of hydrogen-bond acceptors (Lipinski definition) is 4. The lowest BCUT2D eigenvalue weighted by Crippen LogP contribution is -2.48. The summed E-state index contributed by atoms with van der Waals surface area (Å²) >= 11 is 0. The van der Waals surface area contributed by atoms with E-state index in [0.29, 0.717) is 18.0 Å². The van der Waals surface area contributed by atoms with Crippen LogP contribution in [0.2, 0.25) is 0 Å². The van der Waals surface area contributed by atoms with E-state index in [4.69, 9.17) is 4.74 Å². The van der Waals surface area contributed by atoms with Crippen molar-refractivity contribution in [2.45, 2.75) is 46.3 Å². The lowest BCUT2D eigenvalue weighted by Gasteiger charge is -2.33. The predicted octanol–water partition coefficient (Wildman–Crippen LogP) is 1.72. The molecule has 0 bridgehead atoms. The summed E-state index contributed by atoms with van der Waals surface area (Å²) in [5.41, 5.74) is 0.470. The maximum atomic E-state index is 12.3. The van der Waals surface area contributed by atoms with Crippen LogP contribution in [-0.2, 0) is 10.3 Å². The van der Waals surface area contributed by atoms with Crippen molar-refractivity contribution in [3.05, 3.63) is 18.0 Å². The highest BCUT2D eigenvalue weighted by Gasteiger charge is 2.22. The summed E-state index contributed by atoms with van der Waals surface area (Å²) in [7, 11) is 0. The molecule has 1 aliphatic heterocycles. The van der Waals surface area contributed by atoms with Crippen LogP contribution in [0.25, 0.3) is 0 Å². The molecule has 6 heteroatoms. The van der Waals surface area contributed by atoms with Crippen LogP contribution in [0.4, 0.5) is 0 Å². The van der Waals surface area contributed by atoms with E-state index in [1.807, 2.05) is 4.68 Å². The third kappa shape index (κ3) is 5.32. The van der Waals surface area contributed by atoms with Gasteiger partial charge in [-0.1, -0.05) is 13.8 Å². The minimum Gasteiger partial charge on any atom is -0.374 e. The summed E-state index contributed by atoms with van der Waals surface area (Å²) in [6.07, 6.45) is 3.47. The van der Waals surface area contributed by atoms with E-state index in [1.165, 1.54) is 0 Å². The Labute approximate surface area is 139 Å². The molecule has 1 aromatic rings. The van der Waals surface area contributed by atoms with E-state index in [-0.39, 0.29) is 17.6 Å². The minimum atomic E-state index is -0.123. The van der Waals surface area contributed by atoms with Gasteiger partial charge in [0, 0.05) is 32.4 Å². The monoisotopic (exact) mass is 322 g/mol. The van der Waals surface area contributed by atoms with Crippen molar-refractivity contribution in [2.75, 3.05) is 32.8 Å². The Balaban J connectivity index is 1.83. The number of amides is 1. The Hall–Kier alpha value is -1.40. The molecule has 1 saturated heterocycles. The molecule has 0 aromatic carbocycles. The largest absolute Gasteiger partial charge is 0.374 e. The van der Waals surface area contributed by atoms with Crippen LogP contribution in [0.5, 0.6) is 0 Å². The van der Waals surface area contributed by atoms with Gasteiger partial charge in [-0.15, -0.1) is 0 Å². The van der Waals surface area contributed by atoms with Gasteiger partial charge in [0.15, 0.2) is 0 Å². The van der Waals surface area contributed by atoms with Crippen molar-refractivity contribution in [1.82, 2.24) is 20.0 Å². The van der Waals surface area contributed by atoms with Crippen molar-refractivity contribution in [1.29, 1.82) is 0 Å². The third-order valence-electron chi connectivity index (χ3n) is 3.87. The van der Waals surface area contributed by atoms with E-state index in [2.05, 4.69) is 49.9 Å². The Kier molecular flexibility index (Phi) is 5.81. The van der Waals surface area contributed by atoms with Crippen LogP contribution in [0.15, 0.2) is 12.4 Å². The van der Waals surface area contributed by atoms with Crippen LogP contribution in [0, 0.1) is 5.92 Å². The fraction of sp³-hybridized carbons (Fsp3) is 0.765. The fourth-order valence-electron chi connectivity index (χ4n) is 2.70. The highest BCUT2D eigenvalue weighted by atomic mass is 16.5. The van der Waals surface area contributed by atoms with E-state index in [1.54, 1.807) is 12.4 Å². The van der Waals surface area contributed by atoms with Crippen LogP contribution < -0.4 is 5.32 Å². The zero-order valence-electron chi connectivity index (χ0n) is 15.0. The van der Waals surface area contributed by atoms with Crippen LogP contribution in [0.3, 0.4) is 0 Å². The van der Waals surface area contributed by atoms with Gasteiger partial charge in [0.25, 0.3) is 5.91 Å². The van der Waals surface area contributed by atoms with Gasteiger partial charge in [-0.05, 0) is 26.7 Å². The maximum absolute atomic E-state index is 12.3. The second kappa shape index (κ2) is 7.45. The molecule has 1 amide bonds. The standard InChI is InChI=1S/C17H30N4O2/c1-13(2)10-20-6-7-23-15(12-20)9-18-16(22)14-8-19-21(11-14)17(3,4)5/h8,11,13,15H,6-7,9-10,12H2,1-5H3,(H,18,22)/t15-/m0/s1. The molecule has 0 unspecified atom stereocenters. The van der Waals surface area contributed by atoms with Crippen molar-refractivity contribution in [2.24, 2.45) is 5.92 Å². The Morgan fingerprint density at radius 1 is 1.48 bits per heavy atom. The summed E-state index contributed by atoms with van der Waals surface area (Å²) in [6, 6.07) is 0. The van der Waals surface area contributed by atoms with E-state index in [9.17, 15) is 4.79 Å². The molecule has 1 fully saturated rings. The van der Waals surface area contributed by atoms with Crippen LogP contribution in [0.1, 0.15) is 45.0 Å². The molecule has 23 heavy (non-hydrogen) atoms. The first-order chi connectivity index (χ1) is 10.8. The Morgan fingerprint density at radius 3 is 2.83 bits per heavy atom. The van der Waals surface area contributed by atoms with Crippen molar-refractivity contribution < 1.29 is 9.53 Å². The first kappa shape index (κ1) is 17.9. The number of hydrogen-bond donors (Lipinski definition) is 1. The number of morpholine rings is 1. The molecule has 1 N–H and O–H groups in total. The first-order valence-electron chi connectivity index (χ1n) is 8.43.